The summed E-state index contributed by atoms with van der Waals surface area (Å²) in [4.78, 5) is 0. The normalized spacial score (nSPS) is 20.4. The topological polar surface area (TPSA) is 34.4 Å². The minimum atomic E-state index is -4.82. The number of para-hydroxylation sites is 1. The molecule has 1 aromatic heterocycles. The average Bonchev–Trinajstić information content (AvgIpc) is 2.89. The van der Waals surface area contributed by atoms with Crippen LogP contribution in [0.4, 0.5) is 13.2 Å². The Morgan fingerprint density at radius 2 is 1.88 bits per heavy atom. The molecule has 3 aromatic rings. The van der Waals surface area contributed by atoms with Crippen LogP contribution in [0.2, 0.25) is 0 Å². The summed E-state index contributed by atoms with van der Waals surface area (Å²) in [7, 11) is 0. The first kappa shape index (κ1) is 16.5. The van der Waals surface area contributed by atoms with E-state index < -0.39 is 24.9 Å². The Morgan fingerprint density at radius 3 is 2.64 bits per heavy atom. The molecule has 2 heterocycles. The molecule has 0 spiro atoms. The molecule has 0 amide bonds. The highest BCUT2D eigenvalue weighted by atomic mass is 79.9. The minimum Gasteiger partial charge on any atom is -0.489 e. The Hall–Kier alpha value is -1.99. The molecular weight excluding hydrogens is 399 g/mol. The zero-order chi connectivity index (χ0) is 17.8. The van der Waals surface area contributed by atoms with Crippen molar-refractivity contribution in [3.63, 3.8) is 0 Å². The summed E-state index contributed by atoms with van der Waals surface area (Å²) in [6.07, 6.45) is -4.82. The van der Waals surface area contributed by atoms with Gasteiger partial charge in [0.15, 0.2) is 0 Å². The number of benzene rings is 2. The number of ether oxygens (including phenoxy) is 1. The molecular formula is C18H13BrF3NO2. The summed E-state index contributed by atoms with van der Waals surface area (Å²) in [5.74, 6) is 0.301. The second kappa shape index (κ2) is 5.51. The van der Waals surface area contributed by atoms with Crippen molar-refractivity contribution >= 4 is 26.8 Å². The molecule has 25 heavy (non-hydrogen) atoms. The monoisotopic (exact) mass is 411 g/mol. The van der Waals surface area contributed by atoms with Crippen LogP contribution in [0.25, 0.3) is 22.2 Å². The molecule has 4 rings (SSSR count). The highest BCUT2D eigenvalue weighted by Crippen LogP contribution is 2.42. The number of rotatable bonds is 0. The van der Waals surface area contributed by atoms with E-state index in [1.165, 1.54) is 4.57 Å². The van der Waals surface area contributed by atoms with Gasteiger partial charge in [-0.05, 0) is 30.3 Å². The van der Waals surface area contributed by atoms with E-state index in [2.05, 4.69) is 15.9 Å². The zero-order valence-corrected chi connectivity index (χ0v) is 14.4. The molecule has 1 aliphatic rings. The lowest BCUT2D eigenvalue weighted by Crippen LogP contribution is -2.53. The average molecular weight is 412 g/mol. The molecule has 0 saturated heterocycles. The number of aromatic nitrogens is 1. The SMILES string of the molecule is OC1(C(F)(F)F)COc2ccc(Br)cc2-c2cc3ccccc3n2C1. The number of halogens is 4. The van der Waals surface area contributed by atoms with Gasteiger partial charge in [0, 0.05) is 20.9 Å². The summed E-state index contributed by atoms with van der Waals surface area (Å²) in [6.45, 7) is -1.50. The Morgan fingerprint density at radius 1 is 1.12 bits per heavy atom. The number of fused-ring (bicyclic) bond motifs is 5. The second-order valence-corrected chi connectivity index (χ2v) is 7.05. The quantitative estimate of drug-likeness (QED) is 0.578. The summed E-state index contributed by atoms with van der Waals surface area (Å²) in [5.41, 5.74) is -1.10. The van der Waals surface area contributed by atoms with E-state index in [-0.39, 0.29) is 0 Å². The second-order valence-electron chi connectivity index (χ2n) is 6.13. The van der Waals surface area contributed by atoms with Gasteiger partial charge in [0.05, 0.1) is 12.2 Å². The van der Waals surface area contributed by atoms with Crippen LogP contribution in [-0.2, 0) is 6.54 Å². The van der Waals surface area contributed by atoms with E-state index >= 15 is 0 Å². The van der Waals surface area contributed by atoms with Gasteiger partial charge >= 0.3 is 6.18 Å². The number of aliphatic hydroxyl groups is 1. The van der Waals surface area contributed by atoms with Crippen LogP contribution in [0.3, 0.4) is 0 Å². The smallest absolute Gasteiger partial charge is 0.422 e. The van der Waals surface area contributed by atoms with Crippen molar-refractivity contribution in [1.82, 2.24) is 4.57 Å². The van der Waals surface area contributed by atoms with Crippen molar-refractivity contribution in [1.29, 1.82) is 0 Å². The molecule has 0 radical (unpaired) electrons. The first-order valence-electron chi connectivity index (χ1n) is 7.59. The third kappa shape index (κ3) is 2.62. The molecule has 1 atom stereocenters. The molecule has 1 N–H and O–H groups in total. The highest BCUT2D eigenvalue weighted by Gasteiger charge is 2.55. The van der Waals surface area contributed by atoms with Crippen LogP contribution in [-0.4, -0.2) is 28.1 Å². The fraction of sp³-hybridized carbons (Fsp3) is 0.222. The van der Waals surface area contributed by atoms with Crippen LogP contribution >= 0.6 is 15.9 Å². The van der Waals surface area contributed by atoms with Gasteiger partial charge in [-0.1, -0.05) is 34.1 Å². The van der Waals surface area contributed by atoms with Crippen LogP contribution in [0, 0.1) is 0 Å². The number of hydrogen-bond donors (Lipinski definition) is 1. The van der Waals surface area contributed by atoms with E-state index in [0.717, 1.165) is 9.86 Å². The third-order valence-corrected chi connectivity index (χ3v) is 4.94. The minimum absolute atomic E-state index is 0.301. The predicted molar refractivity (Wildman–Crippen MR) is 91.6 cm³/mol. The summed E-state index contributed by atoms with van der Waals surface area (Å²) in [5, 5.41) is 11.1. The van der Waals surface area contributed by atoms with Crippen LogP contribution in [0.15, 0.2) is 53.0 Å². The molecule has 0 saturated carbocycles. The molecule has 130 valence electrons. The maximum absolute atomic E-state index is 13.5. The highest BCUT2D eigenvalue weighted by molar-refractivity contribution is 9.10. The molecule has 7 heteroatoms. The Balaban J connectivity index is 2.02. The largest absolute Gasteiger partial charge is 0.489 e. The first-order chi connectivity index (χ1) is 11.8. The van der Waals surface area contributed by atoms with Gasteiger partial charge in [-0.25, -0.2) is 0 Å². The maximum Gasteiger partial charge on any atom is 0.422 e. The summed E-state index contributed by atoms with van der Waals surface area (Å²) in [6, 6.07) is 14.1. The Kier molecular flexibility index (Phi) is 3.63. The van der Waals surface area contributed by atoms with Crippen LogP contribution < -0.4 is 4.74 Å². The fourth-order valence-electron chi connectivity index (χ4n) is 3.11. The third-order valence-electron chi connectivity index (χ3n) is 4.44. The fourth-order valence-corrected chi connectivity index (χ4v) is 3.47. The predicted octanol–water partition coefficient (Wildman–Crippen LogP) is 4.76. The summed E-state index contributed by atoms with van der Waals surface area (Å²) < 4.78 is 48.3. The molecule has 1 aliphatic heterocycles. The van der Waals surface area contributed by atoms with Crippen molar-refractivity contribution in [2.24, 2.45) is 0 Å². The lowest BCUT2D eigenvalue weighted by molar-refractivity contribution is -0.273. The van der Waals surface area contributed by atoms with Gasteiger partial charge in [0.25, 0.3) is 0 Å². The Bertz CT molecular complexity index is 967. The van der Waals surface area contributed by atoms with Gasteiger partial charge < -0.3 is 14.4 Å². The van der Waals surface area contributed by atoms with Crippen molar-refractivity contribution in [2.45, 2.75) is 18.3 Å². The van der Waals surface area contributed by atoms with E-state index in [1.807, 2.05) is 18.2 Å². The maximum atomic E-state index is 13.5. The molecule has 3 nitrogen and oxygen atoms in total. The van der Waals surface area contributed by atoms with Gasteiger partial charge in [0.1, 0.15) is 12.4 Å². The van der Waals surface area contributed by atoms with E-state index in [4.69, 9.17) is 4.74 Å². The van der Waals surface area contributed by atoms with Crippen LogP contribution in [0.5, 0.6) is 5.75 Å². The van der Waals surface area contributed by atoms with Crippen LogP contribution in [0.1, 0.15) is 0 Å². The number of nitrogens with zero attached hydrogens (tertiary/aromatic N) is 1. The molecule has 0 bridgehead atoms. The first-order valence-corrected chi connectivity index (χ1v) is 8.38. The molecule has 2 aromatic carbocycles. The van der Waals surface area contributed by atoms with Gasteiger partial charge in [-0.15, -0.1) is 0 Å². The van der Waals surface area contributed by atoms with E-state index in [9.17, 15) is 18.3 Å². The van der Waals surface area contributed by atoms with Crippen molar-refractivity contribution in [3.05, 3.63) is 53.0 Å². The van der Waals surface area contributed by atoms with Crippen molar-refractivity contribution < 1.29 is 23.0 Å². The molecule has 1 unspecified atom stereocenters. The number of hydrogen-bond acceptors (Lipinski definition) is 2. The molecule has 0 fully saturated rings. The van der Waals surface area contributed by atoms with Gasteiger partial charge in [-0.3, -0.25) is 0 Å². The standard InChI is InChI=1S/C18H13BrF3NO2/c19-12-5-6-16-13(8-12)15-7-11-3-1-2-4-14(11)23(15)9-17(24,10-25-16)18(20,21)22/h1-8,24H,9-10H2. The van der Waals surface area contributed by atoms with Gasteiger partial charge in [0.2, 0.25) is 5.60 Å². The van der Waals surface area contributed by atoms with Crippen molar-refractivity contribution in [2.75, 3.05) is 6.61 Å². The van der Waals surface area contributed by atoms with E-state index in [0.29, 0.717) is 22.5 Å². The molecule has 0 aliphatic carbocycles. The lowest BCUT2D eigenvalue weighted by Gasteiger charge is -2.33. The lowest BCUT2D eigenvalue weighted by atomic mass is 10.0. The zero-order valence-electron chi connectivity index (χ0n) is 12.8. The van der Waals surface area contributed by atoms with Crippen molar-refractivity contribution in [3.8, 4) is 17.0 Å². The number of alkyl halides is 3. The Labute approximate surface area is 149 Å². The van der Waals surface area contributed by atoms with Gasteiger partial charge in [-0.2, -0.15) is 13.2 Å². The summed E-state index contributed by atoms with van der Waals surface area (Å²) >= 11 is 3.39. The van der Waals surface area contributed by atoms with E-state index in [1.54, 1.807) is 30.3 Å².